The van der Waals surface area contributed by atoms with E-state index < -0.39 is 0 Å². The smallest absolute Gasteiger partial charge is 0.232 e. The van der Waals surface area contributed by atoms with Gasteiger partial charge in [0.1, 0.15) is 0 Å². The lowest BCUT2D eigenvalue weighted by Crippen LogP contribution is -2.38. The Bertz CT molecular complexity index is 504. The summed E-state index contributed by atoms with van der Waals surface area (Å²) in [6, 6.07) is 0. The third-order valence-corrected chi connectivity index (χ3v) is 3.66. The summed E-state index contributed by atoms with van der Waals surface area (Å²) in [7, 11) is 0. The molecular weight excluding hydrogens is 304 g/mol. The Kier molecular flexibility index (Phi) is 6.60. The fourth-order valence-electron chi connectivity index (χ4n) is 2.64. The van der Waals surface area contributed by atoms with Gasteiger partial charge in [-0.1, -0.05) is 13.8 Å². The Morgan fingerprint density at radius 2 is 1.67 bits per heavy atom. The molecule has 0 atom stereocenters. The SMILES string of the molecule is CCCN(CCC)c1nc(NC(C)(C)C)nc(N2CCOCC2)n1. The predicted octanol–water partition coefficient (Wildman–Crippen LogP) is 2.55. The highest BCUT2D eigenvalue weighted by atomic mass is 16.5. The molecule has 2 rings (SSSR count). The molecule has 7 heteroatoms. The van der Waals surface area contributed by atoms with Crippen LogP contribution < -0.4 is 15.1 Å². The zero-order valence-corrected chi connectivity index (χ0v) is 15.8. The number of nitrogens with zero attached hydrogens (tertiary/aromatic N) is 5. The Morgan fingerprint density at radius 3 is 2.21 bits per heavy atom. The van der Waals surface area contributed by atoms with Gasteiger partial charge in [-0.15, -0.1) is 0 Å². The molecule has 0 radical (unpaired) electrons. The first-order chi connectivity index (χ1) is 11.4. The van der Waals surface area contributed by atoms with E-state index in [1.807, 2.05) is 0 Å². The fraction of sp³-hybridized carbons (Fsp3) is 0.824. The molecule has 1 aromatic rings. The predicted molar refractivity (Wildman–Crippen MR) is 99.0 cm³/mol. The lowest BCUT2D eigenvalue weighted by atomic mass is 10.1. The lowest BCUT2D eigenvalue weighted by Gasteiger charge is -2.29. The topological polar surface area (TPSA) is 66.4 Å². The lowest BCUT2D eigenvalue weighted by molar-refractivity contribution is 0.122. The van der Waals surface area contributed by atoms with E-state index in [2.05, 4.69) is 59.7 Å². The first kappa shape index (κ1) is 18.7. The quantitative estimate of drug-likeness (QED) is 0.820. The first-order valence-electron chi connectivity index (χ1n) is 9.05. The molecule has 7 nitrogen and oxygen atoms in total. The summed E-state index contributed by atoms with van der Waals surface area (Å²) in [6.07, 6.45) is 2.14. The van der Waals surface area contributed by atoms with Crippen LogP contribution in [0, 0.1) is 0 Å². The minimum atomic E-state index is -0.0960. The van der Waals surface area contributed by atoms with E-state index in [9.17, 15) is 0 Å². The second-order valence-electron chi connectivity index (χ2n) is 7.22. The van der Waals surface area contributed by atoms with Crippen LogP contribution in [0.3, 0.4) is 0 Å². The minimum Gasteiger partial charge on any atom is -0.378 e. The number of hydrogen-bond donors (Lipinski definition) is 1. The number of anilines is 3. The van der Waals surface area contributed by atoms with Gasteiger partial charge in [0.15, 0.2) is 0 Å². The number of hydrogen-bond acceptors (Lipinski definition) is 7. The normalized spacial score (nSPS) is 15.5. The second-order valence-corrected chi connectivity index (χ2v) is 7.22. The van der Waals surface area contributed by atoms with Crippen molar-refractivity contribution in [3.63, 3.8) is 0 Å². The summed E-state index contributed by atoms with van der Waals surface area (Å²) in [5.41, 5.74) is -0.0960. The van der Waals surface area contributed by atoms with Crippen molar-refractivity contribution in [1.82, 2.24) is 15.0 Å². The molecule has 0 bridgehead atoms. The van der Waals surface area contributed by atoms with Crippen LogP contribution in [0.1, 0.15) is 47.5 Å². The van der Waals surface area contributed by atoms with Crippen LogP contribution in [0.5, 0.6) is 0 Å². The average molecular weight is 336 g/mol. The zero-order chi connectivity index (χ0) is 17.6. The third kappa shape index (κ3) is 5.47. The van der Waals surface area contributed by atoms with Crippen LogP contribution in [-0.2, 0) is 4.74 Å². The van der Waals surface area contributed by atoms with Crippen LogP contribution in [0.15, 0.2) is 0 Å². The highest BCUT2D eigenvalue weighted by Gasteiger charge is 2.20. The van der Waals surface area contributed by atoms with Crippen molar-refractivity contribution in [2.24, 2.45) is 0 Å². The highest BCUT2D eigenvalue weighted by Crippen LogP contribution is 2.20. The average Bonchev–Trinajstić information content (AvgIpc) is 2.53. The van der Waals surface area contributed by atoms with Gasteiger partial charge in [-0.3, -0.25) is 0 Å². The van der Waals surface area contributed by atoms with Gasteiger partial charge >= 0.3 is 0 Å². The van der Waals surface area contributed by atoms with E-state index in [4.69, 9.17) is 9.72 Å². The maximum atomic E-state index is 5.45. The second kappa shape index (κ2) is 8.46. The summed E-state index contributed by atoms with van der Waals surface area (Å²) >= 11 is 0. The van der Waals surface area contributed by atoms with Gasteiger partial charge in [0.2, 0.25) is 17.8 Å². The summed E-state index contributed by atoms with van der Waals surface area (Å²) in [5.74, 6) is 2.15. The Hall–Kier alpha value is -1.63. The van der Waals surface area contributed by atoms with Gasteiger partial charge in [0.05, 0.1) is 13.2 Å². The number of morpholine rings is 1. The monoisotopic (exact) mass is 336 g/mol. The molecule has 0 aliphatic carbocycles. The molecule has 0 saturated carbocycles. The molecule has 0 aromatic carbocycles. The Labute approximate surface area is 145 Å². The van der Waals surface area contributed by atoms with Crippen LogP contribution >= 0.6 is 0 Å². The van der Waals surface area contributed by atoms with Crippen LogP contribution in [0.2, 0.25) is 0 Å². The van der Waals surface area contributed by atoms with Crippen molar-refractivity contribution >= 4 is 17.8 Å². The largest absolute Gasteiger partial charge is 0.378 e. The van der Waals surface area contributed by atoms with Crippen molar-refractivity contribution in [3.8, 4) is 0 Å². The molecule has 1 fully saturated rings. The molecule has 1 aliphatic rings. The van der Waals surface area contributed by atoms with E-state index in [1.54, 1.807) is 0 Å². The van der Waals surface area contributed by atoms with Crippen molar-refractivity contribution in [2.45, 2.75) is 53.0 Å². The summed E-state index contributed by atoms with van der Waals surface area (Å²) < 4.78 is 5.45. The highest BCUT2D eigenvalue weighted by molar-refractivity contribution is 5.46. The van der Waals surface area contributed by atoms with E-state index >= 15 is 0 Å². The van der Waals surface area contributed by atoms with Crippen LogP contribution in [0.4, 0.5) is 17.8 Å². The van der Waals surface area contributed by atoms with E-state index in [1.165, 1.54) is 0 Å². The first-order valence-corrected chi connectivity index (χ1v) is 9.05. The summed E-state index contributed by atoms with van der Waals surface area (Å²) in [6.45, 7) is 15.7. The van der Waals surface area contributed by atoms with Gasteiger partial charge in [0, 0.05) is 31.7 Å². The maximum absolute atomic E-state index is 5.45. The number of nitrogens with one attached hydrogen (secondary N) is 1. The van der Waals surface area contributed by atoms with Crippen LogP contribution in [0.25, 0.3) is 0 Å². The molecule has 0 amide bonds. The third-order valence-electron chi connectivity index (χ3n) is 3.66. The van der Waals surface area contributed by atoms with Crippen molar-refractivity contribution in [3.05, 3.63) is 0 Å². The minimum absolute atomic E-state index is 0.0960. The summed E-state index contributed by atoms with van der Waals surface area (Å²) in [5, 5.41) is 3.39. The fourth-order valence-corrected chi connectivity index (χ4v) is 2.64. The molecule has 0 unspecified atom stereocenters. The maximum Gasteiger partial charge on any atom is 0.232 e. The van der Waals surface area contributed by atoms with Crippen LogP contribution in [-0.4, -0.2) is 59.9 Å². The number of ether oxygens (including phenoxy) is 1. The van der Waals surface area contributed by atoms with Crippen molar-refractivity contribution in [1.29, 1.82) is 0 Å². The molecule has 1 N–H and O–H groups in total. The molecule has 2 heterocycles. The molecule has 136 valence electrons. The van der Waals surface area contributed by atoms with E-state index in [0.717, 1.165) is 64.1 Å². The Morgan fingerprint density at radius 1 is 1.04 bits per heavy atom. The summed E-state index contributed by atoms with van der Waals surface area (Å²) in [4.78, 5) is 18.5. The number of rotatable bonds is 7. The zero-order valence-electron chi connectivity index (χ0n) is 15.8. The Balaban J connectivity index is 2.34. The van der Waals surface area contributed by atoms with Gasteiger partial charge in [0.25, 0.3) is 0 Å². The molecule has 24 heavy (non-hydrogen) atoms. The number of aromatic nitrogens is 3. The van der Waals surface area contributed by atoms with E-state index in [-0.39, 0.29) is 5.54 Å². The standard InChI is InChI=1S/C17H32N6O/c1-6-8-22(9-7-2)15-18-14(21-17(3,4)5)19-16(20-15)23-10-12-24-13-11-23/h6-13H2,1-5H3,(H,18,19,20,21). The van der Waals surface area contributed by atoms with Gasteiger partial charge in [-0.05, 0) is 33.6 Å². The van der Waals surface area contributed by atoms with Gasteiger partial charge in [-0.25, -0.2) is 0 Å². The molecule has 0 spiro atoms. The molecule has 1 aromatic heterocycles. The molecule has 1 saturated heterocycles. The van der Waals surface area contributed by atoms with Crippen molar-refractivity contribution < 1.29 is 4.74 Å². The molecule has 1 aliphatic heterocycles. The molecular formula is C17H32N6O. The van der Waals surface area contributed by atoms with Gasteiger partial charge < -0.3 is 19.9 Å². The van der Waals surface area contributed by atoms with Gasteiger partial charge in [-0.2, -0.15) is 15.0 Å². The van der Waals surface area contributed by atoms with Crippen molar-refractivity contribution in [2.75, 3.05) is 54.5 Å². The van der Waals surface area contributed by atoms with E-state index in [0.29, 0.717) is 5.95 Å².